The van der Waals surface area contributed by atoms with E-state index in [-0.39, 0.29) is 23.4 Å². The average molecular weight is 420 g/mol. The smallest absolute Gasteiger partial charge is 0.410 e. The third-order valence-electron chi connectivity index (χ3n) is 4.62. The number of benzene rings is 1. The molecule has 0 saturated carbocycles. The molecule has 1 aromatic rings. The number of aliphatic hydroxyl groups is 1. The topological polar surface area (TPSA) is 115 Å². The van der Waals surface area contributed by atoms with Gasteiger partial charge in [-0.15, -0.1) is 0 Å². The van der Waals surface area contributed by atoms with E-state index in [0.29, 0.717) is 31.5 Å². The number of nitrogens with zero attached hydrogens (tertiary/aromatic N) is 2. The Kier molecular flexibility index (Phi) is 7.22. The van der Waals surface area contributed by atoms with Gasteiger partial charge in [-0.3, -0.25) is 0 Å². The second-order valence-corrected chi connectivity index (χ2v) is 9.54. The van der Waals surface area contributed by atoms with Crippen LogP contribution in [0.4, 0.5) is 10.5 Å². The number of phenolic OH excluding ortho intramolecular Hbond substituents is 1. The number of phenols is 1. The monoisotopic (exact) mass is 419 g/mol. The van der Waals surface area contributed by atoms with E-state index in [0.717, 1.165) is 5.56 Å². The standard InChI is InChI=1S/C22H33N3O5/c1-21(2,3)29-19(27)24-17-12-16(15(13-23)11-18(17)26)14-7-9-25(10-8-14)20(28)30-22(4,5)6/h11-12,14,19,24,26-27H,7-10H2,1-6H3. The maximum absolute atomic E-state index is 12.3. The third-order valence-corrected chi connectivity index (χ3v) is 4.62. The summed E-state index contributed by atoms with van der Waals surface area (Å²) in [5, 5.41) is 32.6. The number of amides is 1. The summed E-state index contributed by atoms with van der Waals surface area (Å²) in [4.78, 5) is 14.0. The molecule has 0 spiro atoms. The number of aliphatic hydroxyl groups excluding tert-OH is 1. The highest BCUT2D eigenvalue weighted by atomic mass is 16.6. The largest absolute Gasteiger partial charge is 0.506 e. The Morgan fingerprint density at radius 1 is 1.20 bits per heavy atom. The van der Waals surface area contributed by atoms with Gasteiger partial charge >= 0.3 is 6.09 Å². The summed E-state index contributed by atoms with van der Waals surface area (Å²) < 4.78 is 10.9. The Hall–Kier alpha value is -2.50. The van der Waals surface area contributed by atoms with E-state index >= 15 is 0 Å². The minimum absolute atomic E-state index is 0.0418. The molecule has 30 heavy (non-hydrogen) atoms. The van der Waals surface area contributed by atoms with E-state index in [9.17, 15) is 20.3 Å². The van der Waals surface area contributed by atoms with Gasteiger partial charge in [0.05, 0.1) is 22.9 Å². The van der Waals surface area contributed by atoms with Crippen LogP contribution in [0.25, 0.3) is 0 Å². The van der Waals surface area contributed by atoms with Gasteiger partial charge in [-0.2, -0.15) is 5.26 Å². The minimum atomic E-state index is -1.31. The van der Waals surface area contributed by atoms with Crippen LogP contribution >= 0.6 is 0 Å². The molecule has 1 saturated heterocycles. The van der Waals surface area contributed by atoms with E-state index in [1.807, 2.05) is 20.8 Å². The van der Waals surface area contributed by atoms with E-state index < -0.39 is 17.6 Å². The zero-order valence-corrected chi connectivity index (χ0v) is 18.7. The summed E-state index contributed by atoms with van der Waals surface area (Å²) in [6.45, 7) is 12.0. The molecule has 0 radical (unpaired) electrons. The molecule has 0 aromatic heterocycles. The molecule has 0 aliphatic carbocycles. The van der Waals surface area contributed by atoms with E-state index in [1.54, 1.807) is 31.7 Å². The van der Waals surface area contributed by atoms with Crippen molar-refractivity contribution in [3.05, 3.63) is 23.3 Å². The van der Waals surface area contributed by atoms with Gasteiger partial charge in [-0.1, -0.05) is 0 Å². The number of piperidine rings is 1. The first-order chi connectivity index (χ1) is 13.8. The highest BCUT2D eigenvalue weighted by molar-refractivity contribution is 5.68. The number of hydrogen-bond donors (Lipinski definition) is 3. The minimum Gasteiger partial charge on any atom is -0.506 e. The fraction of sp³-hybridized carbons (Fsp3) is 0.636. The summed E-state index contributed by atoms with van der Waals surface area (Å²) in [5.74, 6) is -0.0989. The molecule has 2 rings (SSSR count). The summed E-state index contributed by atoms with van der Waals surface area (Å²) >= 11 is 0. The van der Waals surface area contributed by atoms with Crippen molar-refractivity contribution in [2.45, 2.75) is 77.9 Å². The summed E-state index contributed by atoms with van der Waals surface area (Å²) in [5.41, 5.74) is 0.307. The van der Waals surface area contributed by atoms with Gasteiger partial charge in [0.2, 0.25) is 6.41 Å². The Morgan fingerprint density at radius 3 is 2.30 bits per heavy atom. The van der Waals surface area contributed by atoms with Crippen LogP contribution in [0.3, 0.4) is 0 Å². The van der Waals surface area contributed by atoms with Gasteiger partial charge in [0.15, 0.2) is 0 Å². The van der Waals surface area contributed by atoms with Crippen molar-refractivity contribution in [3.63, 3.8) is 0 Å². The molecule has 8 heteroatoms. The second-order valence-electron chi connectivity index (χ2n) is 9.54. The fourth-order valence-electron chi connectivity index (χ4n) is 3.35. The van der Waals surface area contributed by atoms with Crippen molar-refractivity contribution >= 4 is 11.8 Å². The van der Waals surface area contributed by atoms with E-state index in [4.69, 9.17) is 9.47 Å². The van der Waals surface area contributed by atoms with Gasteiger partial charge in [-0.25, -0.2) is 4.79 Å². The molecule has 166 valence electrons. The number of hydrogen-bond acceptors (Lipinski definition) is 7. The lowest BCUT2D eigenvalue weighted by Gasteiger charge is -2.34. The van der Waals surface area contributed by atoms with Crippen molar-refractivity contribution < 1.29 is 24.5 Å². The zero-order chi connectivity index (χ0) is 22.7. The normalized spacial score (nSPS) is 16.7. The predicted molar refractivity (Wildman–Crippen MR) is 113 cm³/mol. The van der Waals surface area contributed by atoms with Crippen LogP contribution in [-0.4, -0.2) is 51.9 Å². The number of nitriles is 1. The first-order valence-corrected chi connectivity index (χ1v) is 10.2. The van der Waals surface area contributed by atoms with Crippen LogP contribution in [0.5, 0.6) is 5.75 Å². The Labute approximate surface area is 178 Å². The van der Waals surface area contributed by atoms with E-state index in [2.05, 4.69) is 11.4 Å². The molecule has 1 fully saturated rings. The zero-order valence-electron chi connectivity index (χ0n) is 18.7. The lowest BCUT2D eigenvalue weighted by Crippen LogP contribution is -2.41. The number of rotatable bonds is 4. The molecule has 1 aromatic carbocycles. The molecular formula is C22H33N3O5. The molecule has 1 atom stereocenters. The van der Waals surface area contributed by atoms with Gasteiger partial charge < -0.3 is 29.9 Å². The summed E-state index contributed by atoms with van der Waals surface area (Å²) in [6.07, 6.45) is -0.319. The molecule has 1 aliphatic rings. The number of ether oxygens (including phenoxy) is 2. The average Bonchev–Trinajstić information content (AvgIpc) is 2.60. The first kappa shape index (κ1) is 23.8. The van der Waals surface area contributed by atoms with Crippen molar-refractivity contribution in [1.82, 2.24) is 4.90 Å². The number of anilines is 1. The van der Waals surface area contributed by atoms with Crippen molar-refractivity contribution in [3.8, 4) is 11.8 Å². The molecule has 3 N–H and O–H groups in total. The molecule has 0 bridgehead atoms. The molecule has 1 unspecified atom stereocenters. The third kappa shape index (κ3) is 6.78. The molecule has 8 nitrogen and oxygen atoms in total. The van der Waals surface area contributed by atoms with Gasteiger partial charge in [0.1, 0.15) is 11.4 Å². The Morgan fingerprint density at radius 2 is 1.80 bits per heavy atom. The van der Waals surface area contributed by atoms with Crippen LogP contribution in [0.2, 0.25) is 0 Å². The Balaban J connectivity index is 2.14. The van der Waals surface area contributed by atoms with Crippen molar-refractivity contribution in [2.24, 2.45) is 0 Å². The number of likely N-dealkylation sites (tertiary alicyclic amines) is 1. The van der Waals surface area contributed by atoms with Crippen LogP contribution in [0.1, 0.15) is 71.4 Å². The highest BCUT2D eigenvalue weighted by Gasteiger charge is 2.29. The lowest BCUT2D eigenvalue weighted by atomic mass is 9.86. The Bertz CT molecular complexity index is 797. The first-order valence-electron chi connectivity index (χ1n) is 10.2. The molecule has 1 heterocycles. The molecular weight excluding hydrogens is 386 g/mol. The van der Waals surface area contributed by atoms with Crippen LogP contribution in [0.15, 0.2) is 12.1 Å². The molecule has 1 aliphatic heterocycles. The fourth-order valence-corrected chi connectivity index (χ4v) is 3.35. The maximum Gasteiger partial charge on any atom is 0.410 e. The van der Waals surface area contributed by atoms with Crippen LogP contribution in [0, 0.1) is 11.3 Å². The number of nitrogens with one attached hydrogen (secondary N) is 1. The van der Waals surface area contributed by atoms with E-state index in [1.165, 1.54) is 6.07 Å². The maximum atomic E-state index is 12.3. The summed E-state index contributed by atoms with van der Waals surface area (Å²) in [6, 6.07) is 5.20. The van der Waals surface area contributed by atoms with Crippen molar-refractivity contribution in [1.29, 1.82) is 5.26 Å². The number of carbonyl (C=O) groups excluding carboxylic acids is 1. The second kappa shape index (κ2) is 9.11. The predicted octanol–water partition coefficient (Wildman–Crippen LogP) is 3.88. The SMILES string of the molecule is CC(C)(C)OC(=O)N1CCC(c2cc(NC(O)OC(C)(C)C)c(O)cc2C#N)CC1. The highest BCUT2D eigenvalue weighted by Crippen LogP contribution is 2.36. The number of carbonyl (C=O) groups is 1. The van der Waals surface area contributed by atoms with Gasteiger partial charge in [0.25, 0.3) is 0 Å². The van der Waals surface area contributed by atoms with Crippen LogP contribution in [-0.2, 0) is 9.47 Å². The summed E-state index contributed by atoms with van der Waals surface area (Å²) in [7, 11) is 0. The van der Waals surface area contributed by atoms with Crippen LogP contribution < -0.4 is 5.32 Å². The van der Waals surface area contributed by atoms with Crippen molar-refractivity contribution in [2.75, 3.05) is 18.4 Å². The number of aromatic hydroxyl groups is 1. The lowest BCUT2D eigenvalue weighted by molar-refractivity contribution is -0.148. The molecule has 1 amide bonds. The van der Waals surface area contributed by atoms with Gasteiger partial charge in [0, 0.05) is 19.2 Å². The van der Waals surface area contributed by atoms with Gasteiger partial charge in [-0.05, 0) is 71.9 Å². The quantitative estimate of drug-likeness (QED) is 0.501.